The van der Waals surface area contributed by atoms with E-state index in [2.05, 4.69) is 10.5 Å². The highest BCUT2D eigenvalue weighted by atomic mass is 32.2. The maximum Gasteiger partial charge on any atom is 0.206 e. The summed E-state index contributed by atoms with van der Waals surface area (Å²) in [5.74, 6) is -0.116. The second-order valence-electron chi connectivity index (χ2n) is 6.35. The van der Waals surface area contributed by atoms with Gasteiger partial charge in [-0.15, -0.1) is 0 Å². The molecule has 0 aliphatic carbocycles. The Balaban J connectivity index is 1.78. The van der Waals surface area contributed by atoms with E-state index in [1.807, 2.05) is 6.92 Å². The Labute approximate surface area is 163 Å². The third-order valence-electron chi connectivity index (χ3n) is 4.22. The number of hydrogen-bond acceptors (Lipinski definition) is 6. The van der Waals surface area contributed by atoms with Crippen LogP contribution in [0.25, 0.3) is 0 Å². The number of benzene rings is 3. The molecule has 0 fully saturated rings. The minimum Gasteiger partial charge on any atom is -0.508 e. The van der Waals surface area contributed by atoms with Crippen molar-refractivity contribution in [3.63, 3.8) is 0 Å². The second kappa shape index (κ2) is 7.74. The summed E-state index contributed by atoms with van der Waals surface area (Å²) in [6.45, 7) is 3.60. The molecule has 0 aliphatic rings. The molecule has 0 heterocycles. The molecule has 144 valence electrons. The van der Waals surface area contributed by atoms with E-state index >= 15 is 0 Å². The maximum absolute atomic E-state index is 12.7. The van der Waals surface area contributed by atoms with Crippen molar-refractivity contribution in [1.82, 2.24) is 0 Å². The van der Waals surface area contributed by atoms with Crippen LogP contribution in [0.2, 0.25) is 0 Å². The third-order valence-corrected chi connectivity index (χ3v) is 6.01. The van der Waals surface area contributed by atoms with Gasteiger partial charge in [0.15, 0.2) is 0 Å². The van der Waals surface area contributed by atoms with Gasteiger partial charge in [-0.2, -0.15) is 5.10 Å². The zero-order chi connectivity index (χ0) is 20.3. The molecule has 28 heavy (non-hydrogen) atoms. The van der Waals surface area contributed by atoms with E-state index in [1.165, 1.54) is 24.3 Å². The number of rotatable bonds is 5. The zero-order valence-corrected chi connectivity index (χ0v) is 16.2. The van der Waals surface area contributed by atoms with Gasteiger partial charge in [-0.3, -0.25) is 5.43 Å². The Morgan fingerprint density at radius 3 is 2.04 bits per heavy atom. The molecule has 0 radical (unpaired) electrons. The Morgan fingerprint density at radius 2 is 1.46 bits per heavy atom. The van der Waals surface area contributed by atoms with Crippen LogP contribution in [0.4, 0.5) is 5.69 Å². The molecule has 3 rings (SSSR count). The lowest BCUT2D eigenvalue weighted by Crippen LogP contribution is -2.03. The molecular weight excluding hydrogens is 376 g/mol. The average molecular weight is 396 g/mol. The van der Waals surface area contributed by atoms with Crippen LogP contribution in [0.15, 0.2) is 81.6 Å². The van der Waals surface area contributed by atoms with Gasteiger partial charge in [0.2, 0.25) is 9.84 Å². The minimum atomic E-state index is -3.58. The van der Waals surface area contributed by atoms with Crippen molar-refractivity contribution >= 4 is 21.2 Å². The molecule has 0 atom stereocenters. The minimum absolute atomic E-state index is 0.0348. The smallest absolute Gasteiger partial charge is 0.206 e. The predicted molar refractivity (Wildman–Crippen MR) is 109 cm³/mol. The standard InChI is InChI=1S/C21H20N2O4S/c1-14-3-8-18(9-4-14)28(26,27)19-10-5-16(6-11-19)23-22-15(2)20-12-7-17(24)13-21(20)25/h3-13,23-25H,1-2H3/b22-15+. The quantitative estimate of drug-likeness (QED) is 0.446. The van der Waals surface area contributed by atoms with Crippen molar-refractivity contribution < 1.29 is 18.6 Å². The van der Waals surface area contributed by atoms with Crippen molar-refractivity contribution in [2.45, 2.75) is 23.6 Å². The SMILES string of the molecule is C/C(=N\Nc1ccc(S(=O)(=O)c2ccc(C)cc2)cc1)c1ccc(O)cc1O. The lowest BCUT2D eigenvalue weighted by Gasteiger charge is -2.08. The maximum atomic E-state index is 12.7. The summed E-state index contributed by atoms with van der Waals surface area (Å²) in [5.41, 5.74) is 5.40. The van der Waals surface area contributed by atoms with E-state index in [4.69, 9.17) is 0 Å². The largest absolute Gasteiger partial charge is 0.508 e. The first-order valence-electron chi connectivity index (χ1n) is 8.52. The fourth-order valence-corrected chi connectivity index (χ4v) is 3.86. The normalized spacial score (nSPS) is 12.0. The van der Waals surface area contributed by atoms with Gasteiger partial charge >= 0.3 is 0 Å². The Kier molecular flexibility index (Phi) is 5.37. The van der Waals surface area contributed by atoms with Gasteiger partial charge in [-0.1, -0.05) is 17.7 Å². The van der Waals surface area contributed by atoms with Crippen molar-refractivity contribution in [2.24, 2.45) is 5.10 Å². The molecule has 0 aromatic heterocycles. The number of hydrogen-bond donors (Lipinski definition) is 3. The molecule has 3 aromatic rings. The number of anilines is 1. The molecule has 0 bridgehead atoms. The highest BCUT2D eigenvalue weighted by molar-refractivity contribution is 7.91. The summed E-state index contributed by atoms with van der Waals surface area (Å²) >= 11 is 0. The van der Waals surface area contributed by atoms with Crippen LogP contribution < -0.4 is 5.43 Å². The molecule has 3 aromatic carbocycles. The summed E-state index contributed by atoms with van der Waals surface area (Å²) in [4.78, 5) is 0.439. The van der Waals surface area contributed by atoms with Crippen LogP contribution in [0, 0.1) is 6.92 Å². The summed E-state index contributed by atoms with van der Waals surface area (Å²) in [6.07, 6.45) is 0. The van der Waals surface area contributed by atoms with Gasteiger partial charge in [0, 0.05) is 11.6 Å². The fraction of sp³-hybridized carbons (Fsp3) is 0.0952. The average Bonchev–Trinajstić information content (AvgIpc) is 2.67. The molecule has 0 amide bonds. The van der Waals surface area contributed by atoms with Gasteiger partial charge in [-0.05, 0) is 62.4 Å². The number of nitrogens with zero attached hydrogens (tertiary/aromatic N) is 1. The van der Waals surface area contributed by atoms with Crippen molar-refractivity contribution in [3.8, 4) is 11.5 Å². The summed E-state index contributed by atoms with van der Waals surface area (Å²) in [6, 6.07) is 17.2. The third kappa shape index (κ3) is 4.15. The van der Waals surface area contributed by atoms with Crippen molar-refractivity contribution in [3.05, 3.63) is 77.9 Å². The van der Waals surface area contributed by atoms with E-state index < -0.39 is 9.84 Å². The van der Waals surface area contributed by atoms with Crippen LogP contribution in [-0.2, 0) is 9.84 Å². The zero-order valence-electron chi connectivity index (χ0n) is 15.4. The van der Waals surface area contributed by atoms with Gasteiger partial charge in [0.1, 0.15) is 11.5 Å². The lowest BCUT2D eigenvalue weighted by atomic mass is 10.1. The lowest BCUT2D eigenvalue weighted by molar-refractivity contribution is 0.450. The van der Waals surface area contributed by atoms with Crippen molar-refractivity contribution in [2.75, 3.05) is 5.43 Å². The topological polar surface area (TPSA) is 99.0 Å². The number of phenols is 2. The van der Waals surface area contributed by atoms with Crippen LogP contribution in [0.5, 0.6) is 11.5 Å². The van der Waals surface area contributed by atoms with Crippen LogP contribution in [0.3, 0.4) is 0 Å². The molecular formula is C21H20N2O4S. The van der Waals surface area contributed by atoms with E-state index in [9.17, 15) is 18.6 Å². The van der Waals surface area contributed by atoms with E-state index in [-0.39, 0.29) is 21.3 Å². The van der Waals surface area contributed by atoms with Gasteiger partial charge < -0.3 is 10.2 Å². The van der Waals surface area contributed by atoms with Crippen LogP contribution >= 0.6 is 0 Å². The van der Waals surface area contributed by atoms with Crippen molar-refractivity contribution in [1.29, 1.82) is 0 Å². The molecule has 7 heteroatoms. The summed E-state index contributed by atoms with van der Waals surface area (Å²) in [7, 11) is -3.58. The number of aryl methyl sites for hydroxylation is 1. The number of hydrazone groups is 1. The van der Waals surface area contributed by atoms with E-state index in [1.54, 1.807) is 49.4 Å². The number of phenolic OH excluding ortho intramolecular Hbond substituents is 2. The monoisotopic (exact) mass is 396 g/mol. The Hall–Kier alpha value is -3.32. The predicted octanol–water partition coefficient (Wildman–Crippen LogP) is 4.08. The molecule has 6 nitrogen and oxygen atoms in total. The van der Waals surface area contributed by atoms with Gasteiger partial charge in [-0.25, -0.2) is 8.42 Å². The summed E-state index contributed by atoms with van der Waals surface area (Å²) in [5, 5.41) is 23.4. The van der Waals surface area contributed by atoms with Crippen LogP contribution in [0.1, 0.15) is 18.1 Å². The van der Waals surface area contributed by atoms with Gasteiger partial charge in [0.25, 0.3) is 0 Å². The molecule has 0 saturated carbocycles. The highest BCUT2D eigenvalue weighted by Gasteiger charge is 2.17. The first-order chi connectivity index (χ1) is 13.3. The molecule has 0 saturated heterocycles. The summed E-state index contributed by atoms with van der Waals surface area (Å²) < 4.78 is 25.4. The number of nitrogens with one attached hydrogen (secondary N) is 1. The van der Waals surface area contributed by atoms with Gasteiger partial charge in [0.05, 0.1) is 21.2 Å². The van der Waals surface area contributed by atoms with Crippen LogP contribution in [-0.4, -0.2) is 24.3 Å². The molecule has 3 N–H and O–H groups in total. The second-order valence-corrected chi connectivity index (χ2v) is 8.30. The Morgan fingerprint density at radius 1 is 0.893 bits per heavy atom. The number of sulfone groups is 1. The first-order valence-corrected chi connectivity index (χ1v) is 10.00. The first kappa shape index (κ1) is 19.4. The van der Waals surface area contributed by atoms with E-state index in [0.29, 0.717) is 17.0 Å². The highest BCUT2D eigenvalue weighted by Crippen LogP contribution is 2.24. The van der Waals surface area contributed by atoms with E-state index in [0.717, 1.165) is 5.56 Å². The fourth-order valence-electron chi connectivity index (χ4n) is 2.60. The Bertz CT molecular complexity index is 1120. The molecule has 0 aliphatic heterocycles. The molecule has 0 unspecified atom stereocenters. The molecule has 0 spiro atoms. The number of aromatic hydroxyl groups is 2.